The number of furan rings is 1. The summed E-state index contributed by atoms with van der Waals surface area (Å²) < 4.78 is 15.9. The minimum Gasteiger partial charge on any atom is -0.451 e. The standard InChI is InChI=1S/C14H14O4/c1-2-3-4-5-6-11(15)12-7-8-13(18-12)14-16-9-10-17-14/h3-4,7-8,14H,2,9-10H2,1H3/b4-3-. The summed E-state index contributed by atoms with van der Waals surface area (Å²) in [5.74, 6) is 5.51. The molecule has 0 spiro atoms. The van der Waals surface area contributed by atoms with Crippen LogP contribution in [0.1, 0.15) is 35.9 Å². The molecule has 94 valence electrons. The number of ether oxygens (including phenoxy) is 2. The fourth-order valence-electron chi connectivity index (χ4n) is 1.47. The highest BCUT2D eigenvalue weighted by Crippen LogP contribution is 2.24. The fraction of sp³-hybridized carbons (Fsp3) is 0.357. The molecular formula is C14H14O4. The van der Waals surface area contributed by atoms with Gasteiger partial charge in [-0.3, -0.25) is 4.79 Å². The first kappa shape index (κ1) is 12.6. The highest BCUT2D eigenvalue weighted by Gasteiger charge is 2.22. The molecule has 0 atom stereocenters. The van der Waals surface area contributed by atoms with E-state index in [1.807, 2.05) is 13.0 Å². The lowest BCUT2D eigenvalue weighted by Crippen LogP contribution is -1.96. The van der Waals surface area contributed by atoms with E-state index < -0.39 is 6.29 Å². The monoisotopic (exact) mass is 246 g/mol. The summed E-state index contributed by atoms with van der Waals surface area (Å²) in [5, 5.41) is 0. The van der Waals surface area contributed by atoms with Gasteiger partial charge >= 0.3 is 0 Å². The predicted molar refractivity (Wildman–Crippen MR) is 64.9 cm³/mol. The Labute approximate surface area is 106 Å². The number of carbonyl (C=O) groups excluding carboxylic acids is 1. The molecule has 2 heterocycles. The number of carbonyl (C=O) groups is 1. The van der Waals surface area contributed by atoms with Crippen molar-refractivity contribution in [3.05, 3.63) is 35.8 Å². The van der Waals surface area contributed by atoms with Crippen LogP contribution in [-0.2, 0) is 9.47 Å². The van der Waals surface area contributed by atoms with Gasteiger partial charge in [0.15, 0.2) is 11.5 Å². The van der Waals surface area contributed by atoms with Gasteiger partial charge in [0.25, 0.3) is 5.78 Å². The van der Waals surface area contributed by atoms with Crippen molar-refractivity contribution < 1.29 is 18.7 Å². The molecule has 0 aromatic carbocycles. The van der Waals surface area contributed by atoms with Crippen molar-refractivity contribution >= 4 is 5.78 Å². The molecule has 0 unspecified atom stereocenters. The normalized spacial score (nSPS) is 15.8. The Morgan fingerprint density at radius 2 is 2.22 bits per heavy atom. The lowest BCUT2D eigenvalue weighted by molar-refractivity contribution is -0.0591. The molecule has 1 saturated heterocycles. The second kappa shape index (κ2) is 6.20. The highest BCUT2D eigenvalue weighted by molar-refractivity contribution is 6.07. The number of ketones is 1. The van der Waals surface area contributed by atoms with Gasteiger partial charge in [-0.05, 0) is 30.6 Å². The molecule has 0 N–H and O–H groups in total. The first-order valence-corrected chi connectivity index (χ1v) is 5.85. The zero-order chi connectivity index (χ0) is 12.8. The molecular weight excluding hydrogens is 232 g/mol. The molecule has 0 saturated carbocycles. The second-order valence-electron chi connectivity index (χ2n) is 3.68. The zero-order valence-corrected chi connectivity index (χ0v) is 10.1. The maximum Gasteiger partial charge on any atom is 0.271 e. The second-order valence-corrected chi connectivity index (χ2v) is 3.68. The van der Waals surface area contributed by atoms with Gasteiger partial charge in [-0.25, -0.2) is 0 Å². The van der Waals surface area contributed by atoms with Gasteiger partial charge in [-0.2, -0.15) is 0 Å². The third-order valence-corrected chi connectivity index (χ3v) is 2.33. The maximum absolute atomic E-state index is 11.7. The van der Waals surface area contributed by atoms with Crippen molar-refractivity contribution in [1.29, 1.82) is 0 Å². The van der Waals surface area contributed by atoms with Crippen molar-refractivity contribution in [1.82, 2.24) is 0 Å². The van der Waals surface area contributed by atoms with E-state index in [4.69, 9.17) is 13.9 Å². The first-order valence-electron chi connectivity index (χ1n) is 5.85. The molecule has 0 amide bonds. The summed E-state index contributed by atoms with van der Waals surface area (Å²) in [6.45, 7) is 3.08. The van der Waals surface area contributed by atoms with Gasteiger partial charge < -0.3 is 13.9 Å². The Bertz CT molecular complexity index is 495. The lowest BCUT2D eigenvalue weighted by Gasteiger charge is -2.03. The summed E-state index contributed by atoms with van der Waals surface area (Å²) in [6.07, 6.45) is 3.93. The quantitative estimate of drug-likeness (QED) is 0.467. The first-order chi connectivity index (χ1) is 8.81. The van der Waals surface area contributed by atoms with E-state index in [0.717, 1.165) is 6.42 Å². The largest absolute Gasteiger partial charge is 0.451 e. The topological polar surface area (TPSA) is 48.7 Å². The Balaban J connectivity index is 2.02. The molecule has 18 heavy (non-hydrogen) atoms. The summed E-state index contributed by atoms with van der Waals surface area (Å²) in [6, 6.07) is 3.26. The van der Waals surface area contributed by atoms with E-state index in [9.17, 15) is 4.79 Å². The molecule has 2 rings (SSSR count). The Kier molecular flexibility index (Phi) is 4.35. The van der Waals surface area contributed by atoms with Crippen molar-refractivity contribution in [3.63, 3.8) is 0 Å². The van der Waals surface area contributed by atoms with Crippen molar-refractivity contribution in [2.75, 3.05) is 13.2 Å². The van der Waals surface area contributed by atoms with E-state index in [-0.39, 0.29) is 11.5 Å². The molecule has 4 heteroatoms. The van der Waals surface area contributed by atoms with Crippen LogP contribution in [0.25, 0.3) is 0 Å². The predicted octanol–water partition coefficient (Wildman–Crippen LogP) is 2.48. The van der Waals surface area contributed by atoms with Crippen LogP contribution in [-0.4, -0.2) is 19.0 Å². The van der Waals surface area contributed by atoms with Crippen LogP contribution in [0.15, 0.2) is 28.7 Å². The van der Waals surface area contributed by atoms with Crippen LogP contribution in [0.2, 0.25) is 0 Å². The summed E-state index contributed by atoms with van der Waals surface area (Å²) in [4.78, 5) is 11.7. The van der Waals surface area contributed by atoms with E-state index in [2.05, 4.69) is 11.8 Å². The third kappa shape index (κ3) is 3.10. The summed E-state index contributed by atoms with van der Waals surface area (Å²) >= 11 is 0. The van der Waals surface area contributed by atoms with Gasteiger partial charge in [0, 0.05) is 0 Å². The van der Waals surface area contributed by atoms with E-state index in [1.165, 1.54) is 0 Å². The number of hydrogen-bond donors (Lipinski definition) is 0. The molecule has 4 nitrogen and oxygen atoms in total. The van der Waals surface area contributed by atoms with Crippen molar-refractivity contribution in [2.45, 2.75) is 19.6 Å². The van der Waals surface area contributed by atoms with Crippen LogP contribution in [0, 0.1) is 11.8 Å². The Morgan fingerprint density at radius 3 is 2.94 bits per heavy atom. The van der Waals surface area contributed by atoms with Gasteiger partial charge in [0.05, 0.1) is 13.2 Å². The van der Waals surface area contributed by atoms with Crippen LogP contribution < -0.4 is 0 Å². The molecule has 0 aliphatic carbocycles. The fourth-order valence-corrected chi connectivity index (χ4v) is 1.47. The summed E-state index contributed by atoms with van der Waals surface area (Å²) in [7, 11) is 0. The number of rotatable bonds is 3. The molecule has 1 fully saturated rings. The number of allylic oxidation sites excluding steroid dienone is 2. The Morgan fingerprint density at radius 1 is 1.44 bits per heavy atom. The van der Waals surface area contributed by atoms with E-state index in [1.54, 1.807) is 18.2 Å². The Hall–Kier alpha value is -1.83. The van der Waals surface area contributed by atoms with Gasteiger partial charge in [-0.1, -0.05) is 18.9 Å². The average Bonchev–Trinajstić information content (AvgIpc) is 3.03. The van der Waals surface area contributed by atoms with Gasteiger partial charge in [-0.15, -0.1) is 0 Å². The summed E-state index contributed by atoms with van der Waals surface area (Å²) in [5.41, 5.74) is 0. The van der Waals surface area contributed by atoms with Gasteiger partial charge in [0.2, 0.25) is 6.29 Å². The van der Waals surface area contributed by atoms with Crippen LogP contribution in [0.4, 0.5) is 0 Å². The van der Waals surface area contributed by atoms with Gasteiger partial charge in [0.1, 0.15) is 0 Å². The molecule has 1 aromatic rings. The van der Waals surface area contributed by atoms with Crippen molar-refractivity contribution in [3.8, 4) is 11.8 Å². The van der Waals surface area contributed by atoms with Crippen LogP contribution >= 0.6 is 0 Å². The molecule has 1 aromatic heterocycles. The molecule has 1 aliphatic heterocycles. The van der Waals surface area contributed by atoms with Crippen molar-refractivity contribution in [2.24, 2.45) is 0 Å². The smallest absolute Gasteiger partial charge is 0.271 e. The average molecular weight is 246 g/mol. The zero-order valence-electron chi connectivity index (χ0n) is 10.1. The number of hydrogen-bond acceptors (Lipinski definition) is 4. The molecule has 0 bridgehead atoms. The minimum absolute atomic E-state index is 0.210. The third-order valence-electron chi connectivity index (χ3n) is 2.33. The number of Topliss-reactive ketones (excluding diaryl/α,β-unsaturated/α-hetero) is 1. The SMILES string of the molecule is CC/C=C\C#CC(=O)c1ccc(C2OCCO2)o1. The molecule has 1 aliphatic rings. The minimum atomic E-state index is -0.500. The van der Waals surface area contributed by atoms with E-state index >= 15 is 0 Å². The maximum atomic E-state index is 11.7. The highest BCUT2D eigenvalue weighted by atomic mass is 16.7. The molecule has 0 radical (unpaired) electrons. The van der Waals surface area contributed by atoms with E-state index in [0.29, 0.717) is 19.0 Å². The lowest BCUT2D eigenvalue weighted by atomic mass is 10.3. The van der Waals surface area contributed by atoms with Crippen LogP contribution in [0.5, 0.6) is 0 Å². The van der Waals surface area contributed by atoms with Crippen LogP contribution in [0.3, 0.4) is 0 Å².